The fourth-order valence-corrected chi connectivity index (χ4v) is 1.84. The van der Waals surface area contributed by atoms with Gasteiger partial charge in [-0.25, -0.2) is 4.79 Å². The summed E-state index contributed by atoms with van der Waals surface area (Å²) < 4.78 is 5.42. The third-order valence-corrected chi connectivity index (χ3v) is 3.31. The summed E-state index contributed by atoms with van der Waals surface area (Å²) in [6, 6.07) is 7.81. The number of carbonyl (C=O) groups excluding carboxylic acids is 1. The van der Waals surface area contributed by atoms with Crippen LogP contribution in [0.3, 0.4) is 0 Å². The number of ether oxygens (including phenoxy) is 1. The van der Waals surface area contributed by atoms with Crippen molar-refractivity contribution in [2.45, 2.75) is 26.7 Å². The van der Waals surface area contributed by atoms with E-state index in [1.54, 1.807) is 11.9 Å². The molecule has 1 amide bonds. The van der Waals surface area contributed by atoms with Crippen molar-refractivity contribution in [3.8, 4) is 5.75 Å². The molecule has 1 aromatic rings. The van der Waals surface area contributed by atoms with Crippen LogP contribution in [-0.4, -0.2) is 50.1 Å². The zero-order valence-corrected chi connectivity index (χ0v) is 13.9. The molecule has 0 fully saturated rings. The molecular weight excluding hydrogens is 264 g/mol. The SMILES string of the molecule is CC(C)CCc1cccc(OC(=O)N(C)CCN(C)C)c1. The summed E-state index contributed by atoms with van der Waals surface area (Å²) in [5.41, 5.74) is 1.21. The molecular formula is C17H28N2O2. The number of carbonyl (C=O) groups is 1. The van der Waals surface area contributed by atoms with Crippen LogP contribution in [0.5, 0.6) is 5.75 Å². The van der Waals surface area contributed by atoms with E-state index in [4.69, 9.17) is 4.74 Å². The molecule has 0 aromatic heterocycles. The second-order valence-corrected chi connectivity index (χ2v) is 6.17. The summed E-state index contributed by atoms with van der Waals surface area (Å²) >= 11 is 0. The Morgan fingerprint density at radius 2 is 1.90 bits per heavy atom. The van der Waals surface area contributed by atoms with Crippen LogP contribution >= 0.6 is 0 Å². The van der Waals surface area contributed by atoms with Gasteiger partial charge in [0.1, 0.15) is 5.75 Å². The molecule has 0 radical (unpaired) electrons. The Labute approximate surface area is 128 Å². The lowest BCUT2D eigenvalue weighted by Crippen LogP contribution is -2.35. The number of amides is 1. The van der Waals surface area contributed by atoms with Crippen molar-refractivity contribution in [3.05, 3.63) is 29.8 Å². The lowest BCUT2D eigenvalue weighted by Gasteiger charge is -2.19. The van der Waals surface area contributed by atoms with Gasteiger partial charge >= 0.3 is 6.09 Å². The molecule has 0 aliphatic carbocycles. The molecule has 0 unspecified atom stereocenters. The van der Waals surface area contributed by atoms with Gasteiger partial charge in [-0.3, -0.25) is 0 Å². The maximum atomic E-state index is 12.0. The minimum absolute atomic E-state index is 0.308. The van der Waals surface area contributed by atoms with Gasteiger partial charge in [-0.1, -0.05) is 26.0 Å². The van der Waals surface area contributed by atoms with E-state index in [0.717, 1.165) is 19.4 Å². The molecule has 0 spiro atoms. The Morgan fingerprint density at radius 3 is 2.52 bits per heavy atom. The first-order chi connectivity index (χ1) is 9.88. The van der Waals surface area contributed by atoms with Gasteiger partial charge in [0.05, 0.1) is 0 Å². The van der Waals surface area contributed by atoms with Gasteiger partial charge in [0.25, 0.3) is 0 Å². The smallest absolute Gasteiger partial charge is 0.410 e. The largest absolute Gasteiger partial charge is 0.415 e. The third-order valence-electron chi connectivity index (χ3n) is 3.31. The average molecular weight is 292 g/mol. The Hall–Kier alpha value is -1.55. The standard InChI is InChI=1S/C17H28N2O2/c1-14(2)9-10-15-7-6-8-16(13-15)21-17(20)19(5)12-11-18(3)4/h6-8,13-14H,9-12H2,1-5H3. The van der Waals surface area contributed by atoms with Gasteiger partial charge in [0.15, 0.2) is 0 Å². The summed E-state index contributed by atoms with van der Waals surface area (Å²) in [5.74, 6) is 1.30. The first-order valence-corrected chi connectivity index (χ1v) is 7.55. The fraction of sp³-hybridized carbons (Fsp3) is 0.588. The minimum atomic E-state index is -0.308. The minimum Gasteiger partial charge on any atom is -0.410 e. The van der Waals surface area contributed by atoms with Crippen molar-refractivity contribution in [1.29, 1.82) is 0 Å². The summed E-state index contributed by atoms with van der Waals surface area (Å²) in [7, 11) is 5.73. The second kappa shape index (κ2) is 8.67. The Kier molecular flexibility index (Phi) is 7.23. The summed E-state index contributed by atoms with van der Waals surface area (Å²) in [6.45, 7) is 5.89. The van der Waals surface area contributed by atoms with Gasteiger partial charge in [-0.15, -0.1) is 0 Å². The number of rotatable bonds is 7. The van der Waals surface area contributed by atoms with Crippen molar-refractivity contribution in [3.63, 3.8) is 0 Å². The normalized spacial score (nSPS) is 11.0. The summed E-state index contributed by atoms with van der Waals surface area (Å²) in [6.07, 6.45) is 1.84. The number of hydrogen-bond donors (Lipinski definition) is 0. The second-order valence-electron chi connectivity index (χ2n) is 6.17. The lowest BCUT2D eigenvalue weighted by molar-refractivity contribution is 0.159. The molecule has 0 saturated carbocycles. The highest BCUT2D eigenvalue weighted by molar-refractivity contribution is 5.70. The van der Waals surface area contributed by atoms with E-state index in [2.05, 4.69) is 19.9 Å². The van der Waals surface area contributed by atoms with Gasteiger partial charge in [-0.2, -0.15) is 0 Å². The van der Waals surface area contributed by atoms with Crippen LogP contribution in [0, 0.1) is 5.92 Å². The maximum Gasteiger partial charge on any atom is 0.415 e. The molecule has 0 saturated heterocycles. The number of benzene rings is 1. The number of nitrogens with zero attached hydrogens (tertiary/aromatic N) is 2. The number of likely N-dealkylation sites (N-methyl/N-ethyl adjacent to an activating group) is 2. The topological polar surface area (TPSA) is 32.8 Å². The molecule has 1 rings (SSSR count). The van der Waals surface area contributed by atoms with Crippen LogP contribution < -0.4 is 4.74 Å². The van der Waals surface area contributed by atoms with E-state index in [1.807, 2.05) is 37.2 Å². The van der Waals surface area contributed by atoms with Crippen LogP contribution in [0.1, 0.15) is 25.8 Å². The molecule has 0 N–H and O–H groups in total. The van der Waals surface area contributed by atoms with Gasteiger partial charge < -0.3 is 14.5 Å². The molecule has 0 aliphatic rings. The Balaban J connectivity index is 2.53. The van der Waals surface area contributed by atoms with Crippen molar-refractivity contribution in [1.82, 2.24) is 9.80 Å². The van der Waals surface area contributed by atoms with Crippen LogP contribution in [0.2, 0.25) is 0 Å². The molecule has 1 aromatic carbocycles. The van der Waals surface area contributed by atoms with Crippen molar-refractivity contribution >= 4 is 6.09 Å². The molecule has 4 nitrogen and oxygen atoms in total. The average Bonchev–Trinajstić information content (AvgIpc) is 2.42. The first-order valence-electron chi connectivity index (χ1n) is 7.55. The van der Waals surface area contributed by atoms with Crippen molar-refractivity contribution in [2.24, 2.45) is 5.92 Å². The summed E-state index contributed by atoms with van der Waals surface area (Å²) in [4.78, 5) is 15.6. The van der Waals surface area contributed by atoms with E-state index in [-0.39, 0.29) is 6.09 Å². The zero-order valence-electron chi connectivity index (χ0n) is 13.9. The monoisotopic (exact) mass is 292 g/mol. The van der Waals surface area contributed by atoms with Gasteiger partial charge in [0.2, 0.25) is 0 Å². The highest BCUT2D eigenvalue weighted by Crippen LogP contribution is 2.17. The predicted octanol–water partition coefficient (Wildman–Crippen LogP) is 3.27. The molecule has 0 bridgehead atoms. The maximum absolute atomic E-state index is 12.0. The first kappa shape index (κ1) is 17.5. The van der Waals surface area contributed by atoms with Crippen molar-refractivity contribution in [2.75, 3.05) is 34.2 Å². The molecule has 21 heavy (non-hydrogen) atoms. The van der Waals surface area contributed by atoms with E-state index < -0.39 is 0 Å². The molecule has 118 valence electrons. The Morgan fingerprint density at radius 1 is 1.19 bits per heavy atom. The number of hydrogen-bond acceptors (Lipinski definition) is 3. The highest BCUT2D eigenvalue weighted by atomic mass is 16.6. The molecule has 0 aliphatic heterocycles. The van der Waals surface area contributed by atoms with Gasteiger partial charge in [0, 0.05) is 20.1 Å². The van der Waals surface area contributed by atoms with Crippen molar-refractivity contribution < 1.29 is 9.53 Å². The number of aryl methyl sites for hydroxylation is 1. The molecule has 4 heteroatoms. The van der Waals surface area contributed by atoms with E-state index in [9.17, 15) is 4.79 Å². The quantitative estimate of drug-likeness (QED) is 0.773. The van der Waals surface area contributed by atoms with E-state index in [1.165, 1.54) is 5.56 Å². The molecule has 0 atom stereocenters. The lowest BCUT2D eigenvalue weighted by atomic mass is 10.0. The third kappa shape index (κ3) is 7.14. The zero-order chi connectivity index (χ0) is 15.8. The Bertz CT molecular complexity index is 444. The van der Waals surface area contributed by atoms with Crippen LogP contribution in [-0.2, 0) is 6.42 Å². The van der Waals surface area contributed by atoms with Gasteiger partial charge in [-0.05, 0) is 50.6 Å². The van der Waals surface area contributed by atoms with Crippen LogP contribution in [0.25, 0.3) is 0 Å². The molecule has 0 heterocycles. The van der Waals surface area contributed by atoms with E-state index in [0.29, 0.717) is 18.2 Å². The summed E-state index contributed by atoms with van der Waals surface area (Å²) in [5, 5.41) is 0. The highest BCUT2D eigenvalue weighted by Gasteiger charge is 2.11. The van der Waals surface area contributed by atoms with E-state index >= 15 is 0 Å². The van der Waals surface area contributed by atoms with Crippen LogP contribution in [0.15, 0.2) is 24.3 Å². The van der Waals surface area contributed by atoms with Crippen LogP contribution in [0.4, 0.5) is 4.79 Å². The predicted molar refractivity (Wildman–Crippen MR) is 86.8 cm³/mol. The fourth-order valence-electron chi connectivity index (χ4n) is 1.84.